The van der Waals surface area contributed by atoms with E-state index in [0.717, 1.165) is 6.07 Å². The molecule has 0 aliphatic carbocycles. The standard InChI is InChI=1S/C22H17N3O7/c1-31-20-11-14(13-23-24-18-8-3-2-7-17(18)21(26)27)9-10-19(20)32-22(28)15-5-4-6-16(12-15)25(29)30/h2-13,24H,1H3,(H,26,27)/b23-13+. The summed E-state index contributed by atoms with van der Waals surface area (Å²) in [5.41, 5.74) is 3.45. The van der Waals surface area contributed by atoms with Gasteiger partial charge in [0.1, 0.15) is 0 Å². The minimum absolute atomic E-state index is 0.0215. The molecule has 10 nitrogen and oxygen atoms in total. The molecule has 32 heavy (non-hydrogen) atoms. The van der Waals surface area contributed by atoms with Gasteiger partial charge in [0.05, 0.1) is 35.1 Å². The number of carbonyl (C=O) groups is 2. The average molecular weight is 435 g/mol. The predicted octanol–water partition coefficient (Wildman–Crippen LogP) is 3.97. The number of anilines is 1. The molecule has 2 N–H and O–H groups in total. The lowest BCUT2D eigenvalue weighted by molar-refractivity contribution is -0.384. The highest BCUT2D eigenvalue weighted by Gasteiger charge is 2.16. The maximum Gasteiger partial charge on any atom is 0.343 e. The fourth-order valence-corrected chi connectivity index (χ4v) is 2.70. The summed E-state index contributed by atoms with van der Waals surface area (Å²) in [6, 6.07) is 16.2. The second-order valence-corrected chi connectivity index (χ2v) is 6.33. The van der Waals surface area contributed by atoms with E-state index in [0.29, 0.717) is 11.3 Å². The number of nitrogens with one attached hydrogen (secondary N) is 1. The lowest BCUT2D eigenvalue weighted by Crippen LogP contribution is -2.09. The van der Waals surface area contributed by atoms with E-state index < -0.39 is 16.9 Å². The van der Waals surface area contributed by atoms with E-state index in [4.69, 9.17) is 9.47 Å². The van der Waals surface area contributed by atoms with Gasteiger partial charge >= 0.3 is 11.9 Å². The van der Waals surface area contributed by atoms with Crippen LogP contribution in [0.2, 0.25) is 0 Å². The molecule has 0 saturated carbocycles. The highest BCUT2D eigenvalue weighted by Crippen LogP contribution is 2.29. The van der Waals surface area contributed by atoms with Crippen molar-refractivity contribution in [1.82, 2.24) is 0 Å². The molecule has 0 unspecified atom stereocenters. The first-order valence-electron chi connectivity index (χ1n) is 9.15. The van der Waals surface area contributed by atoms with Crippen molar-refractivity contribution in [2.75, 3.05) is 12.5 Å². The molecular formula is C22H17N3O7. The first-order valence-corrected chi connectivity index (χ1v) is 9.15. The van der Waals surface area contributed by atoms with Crippen LogP contribution in [0.1, 0.15) is 26.3 Å². The minimum atomic E-state index is -1.08. The molecule has 0 aromatic heterocycles. The van der Waals surface area contributed by atoms with E-state index in [-0.39, 0.29) is 28.3 Å². The number of benzene rings is 3. The summed E-state index contributed by atoms with van der Waals surface area (Å²) in [6.07, 6.45) is 1.44. The molecular weight excluding hydrogens is 418 g/mol. The Morgan fingerprint density at radius 2 is 1.84 bits per heavy atom. The molecule has 0 amide bonds. The van der Waals surface area contributed by atoms with Gasteiger partial charge in [-0.3, -0.25) is 15.5 Å². The number of nitro groups is 1. The highest BCUT2D eigenvalue weighted by atomic mass is 16.6. The van der Waals surface area contributed by atoms with Gasteiger partial charge in [0.2, 0.25) is 0 Å². The number of carboxylic acids is 1. The highest BCUT2D eigenvalue weighted by molar-refractivity contribution is 5.94. The van der Waals surface area contributed by atoms with E-state index in [1.807, 2.05) is 0 Å². The smallest absolute Gasteiger partial charge is 0.343 e. The van der Waals surface area contributed by atoms with Crippen LogP contribution in [0, 0.1) is 10.1 Å². The molecule has 0 aliphatic heterocycles. The number of nitro benzene ring substituents is 1. The van der Waals surface area contributed by atoms with Crippen molar-refractivity contribution < 1.29 is 29.1 Å². The van der Waals surface area contributed by atoms with Gasteiger partial charge < -0.3 is 14.6 Å². The molecule has 10 heteroatoms. The molecule has 0 radical (unpaired) electrons. The second kappa shape index (κ2) is 9.85. The van der Waals surface area contributed by atoms with Gasteiger partial charge in [0.25, 0.3) is 5.69 Å². The monoisotopic (exact) mass is 435 g/mol. The molecule has 0 spiro atoms. The van der Waals surface area contributed by atoms with Crippen molar-refractivity contribution in [3.8, 4) is 11.5 Å². The van der Waals surface area contributed by atoms with Crippen molar-refractivity contribution in [3.05, 3.63) is 93.5 Å². The van der Waals surface area contributed by atoms with Gasteiger partial charge in [0.15, 0.2) is 11.5 Å². The average Bonchev–Trinajstić information content (AvgIpc) is 2.80. The molecule has 3 aromatic carbocycles. The third-order valence-electron chi connectivity index (χ3n) is 4.24. The predicted molar refractivity (Wildman–Crippen MR) is 116 cm³/mol. The van der Waals surface area contributed by atoms with E-state index in [1.54, 1.807) is 30.3 Å². The van der Waals surface area contributed by atoms with Crippen molar-refractivity contribution in [3.63, 3.8) is 0 Å². The van der Waals surface area contributed by atoms with E-state index in [2.05, 4.69) is 10.5 Å². The Morgan fingerprint density at radius 3 is 2.56 bits per heavy atom. The summed E-state index contributed by atoms with van der Waals surface area (Å²) in [6.45, 7) is 0. The number of ether oxygens (including phenoxy) is 2. The van der Waals surface area contributed by atoms with Crippen LogP contribution in [0.25, 0.3) is 0 Å². The zero-order valence-corrected chi connectivity index (χ0v) is 16.7. The number of non-ortho nitro benzene ring substituents is 1. The third-order valence-corrected chi connectivity index (χ3v) is 4.24. The number of hydrazone groups is 1. The maximum atomic E-state index is 12.4. The van der Waals surface area contributed by atoms with Crippen molar-refractivity contribution >= 4 is 29.5 Å². The summed E-state index contributed by atoms with van der Waals surface area (Å²) < 4.78 is 10.6. The van der Waals surface area contributed by atoms with Gasteiger partial charge in [-0.15, -0.1) is 0 Å². The van der Waals surface area contributed by atoms with Crippen molar-refractivity contribution in [2.24, 2.45) is 5.10 Å². The van der Waals surface area contributed by atoms with Crippen LogP contribution in [-0.2, 0) is 0 Å². The number of nitrogens with zero attached hydrogens (tertiary/aromatic N) is 2. The fraction of sp³-hybridized carbons (Fsp3) is 0.0455. The molecule has 0 bridgehead atoms. The van der Waals surface area contributed by atoms with Crippen molar-refractivity contribution in [2.45, 2.75) is 0 Å². The molecule has 3 aromatic rings. The summed E-state index contributed by atoms with van der Waals surface area (Å²) in [4.78, 5) is 33.9. The number of carbonyl (C=O) groups excluding carboxylic acids is 1. The molecule has 0 saturated heterocycles. The molecule has 0 aliphatic rings. The summed E-state index contributed by atoms with van der Waals surface area (Å²) in [7, 11) is 1.39. The third kappa shape index (κ3) is 5.25. The van der Waals surface area contributed by atoms with Crippen LogP contribution in [0.5, 0.6) is 11.5 Å². The van der Waals surface area contributed by atoms with Gasteiger partial charge in [-0.2, -0.15) is 5.10 Å². The van der Waals surface area contributed by atoms with Crippen LogP contribution in [0.4, 0.5) is 11.4 Å². The Kier molecular flexibility index (Phi) is 6.76. The Hall–Kier alpha value is -4.73. The van der Waals surface area contributed by atoms with Crippen LogP contribution in [0.15, 0.2) is 71.8 Å². The first kappa shape index (κ1) is 22.0. The zero-order valence-electron chi connectivity index (χ0n) is 16.7. The first-order chi connectivity index (χ1) is 15.4. The number of hydrogen-bond donors (Lipinski definition) is 2. The van der Waals surface area contributed by atoms with Crippen LogP contribution in [-0.4, -0.2) is 35.3 Å². The topological polar surface area (TPSA) is 140 Å². The Morgan fingerprint density at radius 1 is 1.06 bits per heavy atom. The SMILES string of the molecule is COc1cc(/C=N/Nc2ccccc2C(=O)O)ccc1OC(=O)c1cccc([N+](=O)[O-])c1. The molecule has 0 atom stereocenters. The minimum Gasteiger partial charge on any atom is -0.493 e. The van der Waals surface area contributed by atoms with Crippen LogP contribution < -0.4 is 14.9 Å². The normalized spacial score (nSPS) is 10.5. The number of hydrogen-bond acceptors (Lipinski definition) is 8. The lowest BCUT2D eigenvalue weighted by atomic mass is 10.2. The lowest BCUT2D eigenvalue weighted by Gasteiger charge is -2.10. The summed E-state index contributed by atoms with van der Waals surface area (Å²) in [5.74, 6) is -1.51. The number of carboxylic acid groups (broad SMARTS) is 1. The number of para-hydroxylation sites is 1. The van der Waals surface area contributed by atoms with Gasteiger partial charge in [-0.05, 0) is 42.0 Å². The number of esters is 1. The number of aromatic carboxylic acids is 1. The van der Waals surface area contributed by atoms with Crippen molar-refractivity contribution in [1.29, 1.82) is 0 Å². The fourth-order valence-electron chi connectivity index (χ4n) is 2.70. The maximum absolute atomic E-state index is 12.4. The van der Waals surface area contributed by atoms with Gasteiger partial charge in [0, 0.05) is 12.1 Å². The number of methoxy groups -OCH3 is 1. The molecule has 162 valence electrons. The van der Waals surface area contributed by atoms with E-state index in [9.17, 15) is 24.8 Å². The van der Waals surface area contributed by atoms with E-state index in [1.165, 1.54) is 43.7 Å². The second-order valence-electron chi connectivity index (χ2n) is 6.33. The summed E-state index contributed by atoms with van der Waals surface area (Å²) >= 11 is 0. The Bertz CT molecular complexity index is 1210. The largest absolute Gasteiger partial charge is 0.493 e. The van der Waals surface area contributed by atoms with E-state index >= 15 is 0 Å². The molecule has 0 fully saturated rings. The molecule has 0 heterocycles. The van der Waals surface area contributed by atoms with Crippen LogP contribution >= 0.6 is 0 Å². The number of rotatable bonds is 8. The summed E-state index contributed by atoms with van der Waals surface area (Å²) in [5, 5.41) is 24.1. The zero-order chi connectivity index (χ0) is 23.1. The molecule has 3 rings (SSSR count). The quantitative estimate of drug-likeness (QED) is 0.178. The van der Waals surface area contributed by atoms with Gasteiger partial charge in [-0.1, -0.05) is 18.2 Å². The Labute approximate surface area is 181 Å². The van der Waals surface area contributed by atoms with Gasteiger partial charge in [-0.25, -0.2) is 9.59 Å². The Balaban J connectivity index is 1.74. The van der Waals surface area contributed by atoms with Crippen LogP contribution in [0.3, 0.4) is 0 Å².